The van der Waals surface area contributed by atoms with Crippen LogP contribution in [0.25, 0.3) is 0 Å². The van der Waals surface area contributed by atoms with Gasteiger partial charge >= 0.3 is 0 Å². The second-order valence-corrected chi connectivity index (χ2v) is 5.60. The number of benzene rings is 1. The van der Waals surface area contributed by atoms with E-state index in [1.807, 2.05) is 36.4 Å². The summed E-state index contributed by atoms with van der Waals surface area (Å²) in [6.07, 6.45) is 0. The van der Waals surface area contributed by atoms with Gasteiger partial charge in [-0.15, -0.1) is 0 Å². The van der Waals surface area contributed by atoms with Gasteiger partial charge in [-0.1, -0.05) is 57.9 Å². The molecule has 2 rings (SSSR count). The standard InChI is InChI=1S/C19H21N/c1-14(2)18-13-12-17(20-19(18)15(3)4)11-10-16-8-6-5-7-9-16/h5-9,12-15H,1-4H3. The first kappa shape index (κ1) is 14.3. The molecule has 0 aliphatic carbocycles. The summed E-state index contributed by atoms with van der Waals surface area (Å²) in [7, 11) is 0. The minimum Gasteiger partial charge on any atom is -0.244 e. The van der Waals surface area contributed by atoms with Crippen molar-refractivity contribution in [2.45, 2.75) is 39.5 Å². The quantitative estimate of drug-likeness (QED) is 0.714. The van der Waals surface area contributed by atoms with E-state index in [-0.39, 0.29) is 0 Å². The molecule has 1 aromatic carbocycles. The smallest absolute Gasteiger partial charge is 0.113 e. The van der Waals surface area contributed by atoms with Crippen LogP contribution in [-0.4, -0.2) is 4.98 Å². The molecule has 1 nitrogen and oxygen atoms in total. The molecule has 0 atom stereocenters. The molecule has 0 amide bonds. The monoisotopic (exact) mass is 263 g/mol. The lowest BCUT2D eigenvalue weighted by molar-refractivity contribution is 0.755. The van der Waals surface area contributed by atoms with Crippen molar-refractivity contribution in [1.29, 1.82) is 0 Å². The highest BCUT2D eigenvalue weighted by molar-refractivity contribution is 5.41. The van der Waals surface area contributed by atoms with E-state index in [4.69, 9.17) is 4.98 Å². The number of hydrogen-bond acceptors (Lipinski definition) is 1. The lowest BCUT2D eigenvalue weighted by Crippen LogP contribution is -2.03. The Kier molecular flexibility index (Phi) is 4.58. The lowest BCUT2D eigenvalue weighted by atomic mass is 9.95. The summed E-state index contributed by atoms with van der Waals surface area (Å²) >= 11 is 0. The molecular weight excluding hydrogens is 242 g/mol. The Bertz CT molecular complexity index is 628. The molecule has 0 fully saturated rings. The van der Waals surface area contributed by atoms with E-state index in [0.29, 0.717) is 11.8 Å². The Labute approximate surface area is 122 Å². The van der Waals surface area contributed by atoms with E-state index in [1.165, 1.54) is 11.3 Å². The summed E-state index contributed by atoms with van der Waals surface area (Å²) in [5.74, 6) is 7.24. The fraction of sp³-hybridized carbons (Fsp3) is 0.316. The SMILES string of the molecule is CC(C)c1ccc(C#Cc2ccccc2)nc1C(C)C. The van der Waals surface area contributed by atoms with Crippen LogP contribution in [0, 0.1) is 11.8 Å². The Balaban J connectivity index is 2.35. The molecule has 0 spiro atoms. The maximum Gasteiger partial charge on any atom is 0.113 e. The Morgan fingerprint density at radius 1 is 0.800 bits per heavy atom. The molecule has 2 aromatic rings. The van der Waals surface area contributed by atoms with E-state index in [0.717, 1.165) is 11.3 Å². The molecule has 20 heavy (non-hydrogen) atoms. The highest BCUT2D eigenvalue weighted by Gasteiger charge is 2.11. The fourth-order valence-electron chi connectivity index (χ4n) is 2.16. The summed E-state index contributed by atoms with van der Waals surface area (Å²) < 4.78 is 0. The van der Waals surface area contributed by atoms with Gasteiger partial charge in [-0.25, -0.2) is 4.98 Å². The first-order chi connectivity index (χ1) is 9.58. The summed E-state index contributed by atoms with van der Waals surface area (Å²) in [4.78, 5) is 4.73. The van der Waals surface area contributed by atoms with Crippen LogP contribution >= 0.6 is 0 Å². The van der Waals surface area contributed by atoms with Gasteiger partial charge in [-0.3, -0.25) is 0 Å². The fourth-order valence-corrected chi connectivity index (χ4v) is 2.16. The van der Waals surface area contributed by atoms with Gasteiger partial charge in [0.25, 0.3) is 0 Å². The molecule has 1 aromatic heterocycles. The number of aromatic nitrogens is 1. The van der Waals surface area contributed by atoms with Gasteiger partial charge in [0.05, 0.1) is 0 Å². The zero-order valence-electron chi connectivity index (χ0n) is 12.6. The molecule has 0 N–H and O–H groups in total. The predicted octanol–water partition coefficient (Wildman–Crippen LogP) is 4.73. The van der Waals surface area contributed by atoms with Crippen molar-refractivity contribution < 1.29 is 0 Å². The van der Waals surface area contributed by atoms with Gasteiger partial charge in [0.15, 0.2) is 0 Å². The van der Waals surface area contributed by atoms with Crippen molar-refractivity contribution in [3.05, 3.63) is 65.0 Å². The van der Waals surface area contributed by atoms with E-state index in [2.05, 4.69) is 45.6 Å². The van der Waals surface area contributed by atoms with Crippen molar-refractivity contribution in [3.8, 4) is 11.8 Å². The Hall–Kier alpha value is -2.07. The molecule has 1 heterocycles. The largest absolute Gasteiger partial charge is 0.244 e. The summed E-state index contributed by atoms with van der Waals surface area (Å²) in [5, 5.41) is 0. The minimum absolute atomic E-state index is 0.422. The number of hydrogen-bond donors (Lipinski definition) is 0. The second-order valence-electron chi connectivity index (χ2n) is 5.60. The highest BCUT2D eigenvalue weighted by Crippen LogP contribution is 2.24. The average molecular weight is 263 g/mol. The molecule has 1 heteroatoms. The van der Waals surface area contributed by atoms with Crippen LogP contribution in [-0.2, 0) is 0 Å². The van der Waals surface area contributed by atoms with Crippen LogP contribution in [0.4, 0.5) is 0 Å². The van der Waals surface area contributed by atoms with Gasteiger partial charge in [0, 0.05) is 11.3 Å². The molecule has 102 valence electrons. The average Bonchev–Trinajstić information content (AvgIpc) is 2.45. The predicted molar refractivity (Wildman–Crippen MR) is 84.8 cm³/mol. The Morgan fingerprint density at radius 3 is 2.10 bits per heavy atom. The molecular formula is C19H21N. The lowest BCUT2D eigenvalue weighted by Gasteiger charge is -2.14. The normalized spacial score (nSPS) is 10.5. The summed E-state index contributed by atoms with van der Waals surface area (Å²) in [5.41, 5.74) is 4.36. The van der Waals surface area contributed by atoms with E-state index >= 15 is 0 Å². The Morgan fingerprint density at radius 2 is 1.50 bits per heavy atom. The number of nitrogens with zero attached hydrogens (tertiary/aromatic N) is 1. The zero-order chi connectivity index (χ0) is 14.5. The van der Waals surface area contributed by atoms with Gasteiger partial charge in [-0.2, -0.15) is 0 Å². The van der Waals surface area contributed by atoms with E-state index in [1.54, 1.807) is 0 Å². The molecule has 0 bridgehead atoms. The van der Waals surface area contributed by atoms with Crippen LogP contribution < -0.4 is 0 Å². The van der Waals surface area contributed by atoms with Crippen LogP contribution in [0.1, 0.15) is 62.0 Å². The van der Waals surface area contributed by atoms with E-state index < -0.39 is 0 Å². The van der Waals surface area contributed by atoms with Crippen molar-refractivity contribution >= 4 is 0 Å². The van der Waals surface area contributed by atoms with Gasteiger partial charge in [0.2, 0.25) is 0 Å². The van der Waals surface area contributed by atoms with Crippen molar-refractivity contribution in [2.75, 3.05) is 0 Å². The van der Waals surface area contributed by atoms with E-state index in [9.17, 15) is 0 Å². The van der Waals surface area contributed by atoms with Gasteiger partial charge in [-0.05, 0) is 41.5 Å². The zero-order valence-corrected chi connectivity index (χ0v) is 12.6. The summed E-state index contributed by atoms with van der Waals surface area (Å²) in [6.45, 7) is 8.78. The maximum absolute atomic E-state index is 4.73. The molecule has 0 saturated heterocycles. The topological polar surface area (TPSA) is 12.9 Å². The third-order valence-electron chi connectivity index (χ3n) is 3.24. The highest BCUT2D eigenvalue weighted by atomic mass is 14.7. The first-order valence-electron chi connectivity index (χ1n) is 7.16. The molecule has 0 saturated carbocycles. The third-order valence-corrected chi connectivity index (χ3v) is 3.24. The minimum atomic E-state index is 0.422. The molecule has 0 unspecified atom stereocenters. The van der Waals surface area contributed by atoms with Crippen LogP contribution in [0.15, 0.2) is 42.5 Å². The van der Waals surface area contributed by atoms with Gasteiger partial charge in [0.1, 0.15) is 5.69 Å². The second kappa shape index (κ2) is 6.39. The first-order valence-corrected chi connectivity index (χ1v) is 7.16. The van der Waals surface area contributed by atoms with Crippen molar-refractivity contribution in [2.24, 2.45) is 0 Å². The van der Waals surface area contributed by atoms with Gasteiger partial charge < -0.3 is 0 Å². The van der Waals surface area contributed by atoms with Crippen molar-refractivity contribution in [3.63, 3.8) is 0 Å². The van der Waals surface area contributed by atoms with Crippen molar-refractivity contribution in [1.82, 2.24) is 4.98 Å². The molecule has 0 aliphatic heterocycles. The molecule has 0 radical (unpaired) electrons. The number of rotatable bonds is 2. The van der Waals surface area contributed by atoms with Crippen LogP contribution in [0.2, 0.25) is 0 Å². The van der Waals surface area contributed by atoms with Crippen LogP contribution in [0.3, 0.4) is 0 Å². The summed E-state index contributed by atoms with van der Waals surface area (Å²) in [6, 6.07) is 14.2. The third kappa shape index (κ3) is 3.48. The molecule has 0 aliphatic rings. The maximum atomic E-state index is 4.73. The number of pyridine rings is 1. The van der Waals surface area contributed by atoms with Crippen LogP contribution in [0.5, 0.6) is 0 Å².